The van der Waals surface area contributed by atoms with Crippen LogP contribution in [0, 0.1) is 13.8 Å². The van der Waals surface area contributed by atoms with Gasteiger partial charge in [-0.05, 0) is 19.4 Å². The highest BCUT2D eigenvalue weighted by Gasteiger charge is 2.10. The third-order valence-electron chi connectivity index (χ3n) is 1.87. The quantitative estimate of drug-likeness (QED) is 0.646. The van der Waals surface area contributed by atoms with Crippen LogP contribution in [-0.4, -0.2) is 10.8 Å². The van der Waals surface area contributed by atoms with Gasteiger partial charge in [-0.15, -0.1) is 0 Å². The summed E-state index contributed by atoms with van der Waals surface area (Å²) in [7, 11) is 0. The number of nitrogens with one attached hydrogen (secondary N) is 1. The second kappa shape index (κ2) is 2.91. The fourth-order valence-corrected chi connectivity index (χ4v) is 1.26. The molecule has 0 bridgehead atoms. The van der Waals surface area contributed by atoms with E-state index in [4.69, 9.17) is 0 Å². The van der Waals surface area contributed by atoms with Gasteiger partial charge in [0.2, 0.25) is 0 Å². The lowest BCUT2D eigenvalue weighted by molar-refractivity contribution is 0.0987. The summed E-state index contributed by atoms with van der Waals surface area (Å²) < 4.78 is 0. The molecule has 1 aromatic heterocycles. The van der Waals surface area contributed by atoms with Crippen molar-refractivity contribution in [2.75, 3.05) is 0 Å². The van der Waals surface area contributed by atoms with Crippen LogP contribution in [0.5, 0.6) is 0 Å². The zero-order valence-electron chi connectivity index (χ0n) is 7.19. The first-order valence-electron chi connectivity index (χ1n) is 3.84. The number of carbonyl (C=O) groups excluding carboxylic acids is 1. The van der Waals surface area contributed by atoms with Crippen LogP contribution in [0.25, 0.3) is 0 Å². The molecule has 2 nitrogen and oxygen atoms in total. The number of rotatable bonds is 2. The second-order valence-electron chi connectivity index (χ2n) is 2.75. The van der Waals surface area contributed by atoms with E-state index in [1.165, 1.54) is 0 Å². The fraction of sp³-hybridized carbons (Fsp3) is 0.444. The Morgan fingerprint density at radius 1 is 1.55 bits per heavy atom. The zero-order valence-corrected chi connectivity index (χ0v) is 7.19. The molecular formula is C9H13NO. The summed E-state index contributed by atoms with van der Waals surface area (Å²) in [6, 6.07) is 0. The van der Waals surface area contributed by atoms with Gasteiger partial charge < -0.3 is 4.98 Å². The molecule has 1 N–H and O–H groups in total. The molecule has 1 rings (SSSR count). The van der Waals surface area contributed by atoms with E-state index >= 15 is 0 Å². The summed E-state index contributed by atoms with van der Waals surface area (Å²) >= 11 is 0. The Hall–Kier alpha value is -1.05. The zero-order chi connectivity index (χ0) is 8.43. The summed E-state index contributed by atoms with van der Waals surface area (Å²) in [5.74, 6) is 0.223. The maximum Gasteiger partial charge on any atom is 0.164 e. The molecule has 60 valence electrons. The van der Waals surface area contributed by atoms with E-state index in [-0.39, 0.29) is 5.78 Å². The van der Waals surface area contributed by atoms with Gasteiger partial charge in [-0.3, -0.25) is 4.79 Å². The summed E-state index contributed by atoms with van der Waals surface area (Å²) in [6.45, 7) is 5.76. The first-order valence-corrected chi connectivity index (χ1v) is 3.84. The Bertz CT molecular complexity index is 254. The maximum atomic E-state index is 11.3. The first kappa shape index (κ1) is 8.05. The summed E-state index contributed by atoms with van der Waals surface area (Å²) in [5, 5.41) is 0. The number of aromatic nitrogens is 1. The van der Waals surface area contributed by atoms with Gasteiger partial charge >= 0.3 is 0 Å². The van der Waals surface area contributed by atoms with Gasteiger partial charge in [-0.1, -0.05) is 6.92 Å². The molecule has 0 saturated heterocycles. The van der Waals surface area contributed by atoms with Crippen molar-refractivity contribution in [1.29, 1.82) is 0 Å². The van der Waals surface area contributed by atoms with Crippen molar-refractivity contribution in [2.45, 2.75) is 27.2 Å². The molecule has 11 heavy (non-hydrogen) atoms. The molecule has 1 heterocycles. The summed E-state index contributed by atoms with van der Waals surface area (Å²) in [6.07, 6.45) is 2.46. The highest BCUT2D eigenvalue weighted by atomic mass is 16.1. The van der Waals surface area contributed by atoms with Crippen LogP contribution >= 0.6 is 0 Å². The van der Waals surface area contributed by atoms with E-state index in [9.17, 15) is 4.79 Å². The molecule has 0 radical (unpaired) electrons. The van der Waals surface area contributed by atoms with Crippen molar-refractivity contribution in [2.24, 2.45) is 0 Å². The lowest BCUT2D eigenvalue weighted by atomic mass is 10.1. The Morgan fingerprint density at radius 2 is 2.18 bits per heavy atom. The van der Waals surface area contributed by atoms with Crippen molar-refractivity contribution in [1.82, 2.24) is 4.98 Å². The smallest absolute Gasteiger partial charge is 0.164 e. The van der Waals surface area contributed by atoms with Crippen LogP contribution in [0.3, 0.4) is 0 Å². The Balaban J connectivity index is 3.10. The molecule has 0 aliphatic heterocycles. The normalized spacial score (nSPS) is 10.1. The molecule has 0 amide bonds. The topological polar surface area (TPSA) is 32.9 Å². The minimum Gasteiger partial charge on any atom is -0.364 e. The van der Waals surface area contributed by atoms with E-state index in [0.717, 1.165) is 16.8 Å². The lowest BCUT2D eigenvalue weighted by Crippen LogP contribution is -1.98. The average Bonchev–Trinajstić information content (AvgIpc) is 2.30. The highest BCUT2D eigenvalue weighted by Crippen LogP contribution is 2.13. The number of ketones is 1. The van der Waals surface area contributed by atoms with Gasteiger partial charge in [0.25, 0.3) is 0 Å². The molecule has 1 aromatic rings. The van der Waals surface area contributed by atoms with E-state index in [0.29, 0.717) is 6.42 Å². The number of aromatic amines is 1. The molecule has 0 fully saturated rings. The van der Waals surface area contributed by atoms with Crippen molar-refractivity contribution < 1.29 is 4.79 Å². The first-order chi connectivity index (χ1) is 5.16. The van der Waals surface area contributed by atoms with Crippen LogP contribution < -0.4 is 0 Å². The van der Waals surface area contributed by atoms with Gasteiger partial charge in [0, 0.05) is 23.9 Å². The van der Waals surface area contributed by atoms with Gasteiger partial charge in [0.1, 0.15) is 0 Å². The summed E-state index contributed by atoms with van der Waals surface area (Å²) in [5.41, 5.74) is 2.90. The maximum absolute atomic E-state index is 11.3. The molecule has 0 spiro atoms. The third-order valence-corrected chi connectivity index (χ3v) is 1.87. The predicted octanol–water partition coefficient (Wildman–Crippen LogP) is 2.22. The van der Waals surface area contributed by atoms with Crippen molar-refractivity contribution in [3.63, 3.8) is 0 Å². The minimum absolute atomic E-state index is 0.223. The average molecular weight is 151 g/mol. The molecule has 0 unspecified atom stereocenters. The van der Waals surface area contributed by atoms with Crippen LogP contribution in [0.4, 0.5) is 0 Å². The Kier molecular flexibility index (Phi) is 2.13. The van der Waals surface area contributed by atoms with E-state index in [2.05, 4.69) is 4.98 Å². The predicted molar refractivity (Wildman–Crippen MR) is 44.9 cm³/mol. The van der Waals surface area contributed by atoms with Crippen molar-refractivity contribution in [3.05, 3.63) is 23.0 Å². The molecule has 2 heteroatoms. The second-order valence-corrected chi connectivity index (χ2v) is 2.75. The van der Waals surface area contributed by atoms with Crippen LogP contribution in [0.15, 0.2) is 6.20 Å². The fourth-order valence-electron chi connectivity index (χ4n) is 1.26. The van der Waals surface area contributed by atoms with Gasteiger partial charge in [0.05, 0.1) is 0 Å². The third kappa shape index (κ3) is 1.34. The molecule has 0 aliphatic rings. The molecule has 0 atom stereocenters. The minimum atomic E-state index is 0.223. The van der Waals surface area contributed by atoms with Crippen LogP contribution in [0.1, 0.15) is 35.0 Å². The monoisotopic (exact) mass is 151 g/mol. The molecular weight excluding hydrogens is 138 g/mol. The Labute approximate surface area is 66.6 Å². The number of hydrogen-bond donors (Lipinski definition) is 1. The van der Waals surface area contributed by atoms with Crippen molar-refractivity contribution >= 4 is 5.78 Å². The molecule has 0 aliphatic carbocycles. The molecule has 0 aromatic carbocycles. The van der Waals surface area contributed by atoms with Crippen LogP contribution in [-0.2, 0) is 0 Å². The standard InChI is InChI=1S/C9H13NO/c1-4-8(11)9-6(2)5-10-7(9)3/h5,10H,4H2,1-3H3. The Morgan fingerprint density at radius 3 is 2.55 bits per heavy atom. The van der Waals surface area contributed by atoms with Gasteiger partial charge in [0.15, 0.2) is 5.78 Å². The van der Waals surface area contributed by atoms with Crippen molar-refractivity contribution in [3.8, 4) is 0 Å². The van der Waals surface area contributed by atoms with Gasteiger partial charge in [-0.25, -0.2) is 0 Å². The van der Waals surface area contributed by atoms with Crippen LogP contribution in [0.2, 0.25) is 0 Å². The SMILES string of the molecule is CCC(=O)c1c(C)c[nH]c1C. The van der Waals surface area contributed by atoms with E-state index in [1.54, 1.807) is 0 Å². The summed E-state index contributed by atoms with van der Waals surface area (Å²) in [4.78, 5) is 14.3. The number of hydrogen-bond acceptors (Lipinski definition) is 1. The lowest BCUT2D eigenvalue weighted by Gasteiger charge is -1.96. The number of Topliss-reactive ketones (excluding diaryl/α,β-unsaturated/α-hetero) is 1. The number of H-pyrrole nitrogens is 1. The highest BCUT2D eigenvalue weighted by molar-refractivity contribution is 5.98. The number of carbonyl (C=O) groups is 1. The van der Waals surface area contributed by atoms with E-state index in [1.807, 2.05) is 27.0 Å². The largest absolute Gasteiger partial charge is 0.364 e. The molecule has 0 saturated carbocycles. The van der Waals surface area contributed by atoms with E-state index < -0.39 is 0 Å². The number of aryl methyl sites for hydroxylation is 2. The van der Waals surface area contributed by atoms with Gasteiger partial charge in [-0.2, -0.15) is 0 Å².